The van der Waals surface area contributed by atoms with Crippen LogP contribution in [0.25, 0.3) is 6.08 Å². The number of ether oxygens (including phenoxy) is 2. The topological polar surface area (TPSA) is 103 Å². The first-order valence-corrected chi connectivity index (χ1v) is 10.6. The minimum atomic E-state index is -3.54. The molecule has 0 aliphatic heterocycles. The second-order valence-corrected chi connectivity index (χ2v) is 7.56. The molecule has 7 nitrogen and oxygen atoms in total. The Balaban J connectivity index is 1.89. The van der Waals surface area contributed by atoms with Gasteiger partial charge in [-0.05, 0) is 48.4 Å². The maximum Gasteiger partial charge on any atom is 0.348 e. The van der Waals surface area contributed by atoms with Crippen LogP contribution in [-0.4, -0.2) is 33.9 Å². The van der Waals surface area contributed by atoms with E-state index in [9.17, 15) is 13.2 Å². The van der Waals surface area contributed by atoms with Crippen LogP contribution in [0, 0.1) is 11.3 Å². The summed E-state index contributed by atoms with van der Waals surface area (Å²) in [7, 11) is -3.54. The second-order valence-electron chi connectivity index (χ2n) is 5.99. The number of carbonyl (C=O) groups excluding carboxylic acids is 1. The number of rotatable bonds is 9. The Kier molecular flexibility index (Phi) is 7.80. The molecule has 0 aromatic heterocycles. The number of nitriles is 1. The van der Waals surface area contributed by atoms with Crippen molar-refractivity contribution in [2.45, 2.75) is 13.3 Å². The van der Waals surface area contributed by atoms with Crippen molar-refractivity contribution in [3.63, 3.8) is 0 Å². The molecule has 0 spiro atoms. The van der Waals surface area contributed by atoms with Gasteiger partial charge in [0.25, 0.3) is 0 Å². The van der Waals surface area contributed by atoms with E-state index in [4.69, 9.17) is 18.9 Å². The fourth-order valence-electron chi connectivity index (χ4n) is 2.35. The molecule has 2 rings (SSSR count). The van der Waals surface area contributed by atoms with E-state index in [0.717, 1.165) is 11.8 Å². The van der Waals surface area contributed by atoms with Gasteiger partial charge in [0.2, 0.25) is 0 Å². The second kappa shape index (κ2) is 10.3. The Bertz CT molecular complexity index is 1000. The zero-order valence-corrected chi connectivity index (χ0v) is 16.9. The normalized spacial score (nSPS) is 11.4. The van der Waals surface area contributed by atoms with Gasteiger partial charge in [0, 0.05) is 6.42 Å². The maximum absolute atomic E-state index is 11.6. The lowest BCUT2D eigenvalue weighted by molar-refractivity contribution is -0.137. The molecule has 0 saturated heterocycles. The van der Waals surface area contributed by atoms with Crippen molar-refractivity contribution in [2.24, 2.45) is 0 Å². The lowest BCUT2D eigenvalue weighted by Gasteiger charge is -2.08. The number of hydrogen-bond acceptors (Lipinski definition) is 7. The first-order chi connectivity index (χ1) is 13.8. The number of esters is 1. The Morgan fingerprint density at radius 2 is 1.69 bits per heavy atom. The van der Waals surface area contributed by atoms with Crippen LogP contribution in [0.15, 0.2) is 54.1 Å². The number of nitrogens with zero attached hydrogens (tertiary/aromatic N) is 1. The molecule has 2 aromatic carbocycles. The summed E-state index contributed by atoms with van der Waals surface area (Å²) in [6.45, 7) is 2.31. The highest BCUT2D eigenvalue weighted by Crippen LogP contribution is 2.17. The van der Waals surface area contributed by atoms with Gasteiger partial charge in [-0.15, -0.1) is 0 Å². The molecule has 0 aliphatic carbocycles. The predicted molar refractivity (Wildman–Crippen MR) is 108 cm³/mol. The summed E-state index contributed by atoms with van der Waals surface area (Å²) in [6, 6.07) is 15.5. The standard InChI is InChI=1S/C21H21NO6S/c1-3-26-21(23)18(15-22)14-17-6-8-19(9-7-17)27-13-12-16-4-10-20(11-5-16)28-29(2,24)25/h4-11,14H,3,12-13H2,1-2H3/b18-14-. The summed E-state index contributed by atoms with van der Waals surface area (Å²) >= 11 is 0. The van der Waals surface area contributed by atoms with Crippen molar-refractivity contribution < 1.29 is 26.9 Å². The molecule has 0 fully saturated rings. The van der Waals surface area contributed by atoms with E-state index >= 15 is 0 Å². The lowest BCUT2D eigenvalue weighted by atomic mass is 10.1. The molecule has 0 radical (unpaired) electrons. The molecule has 0 N–H and O–H groups in total. The van der Waals surface area contributed by atoms with Crippen LogP contribution in [0.4, 0.5) is 0 Å². The van der Waals surface area contributed by atoms with Gasteiger partial charge in [-0.3, -0.25) is 0 Å². The first kappa shape index (κ1) is 22.0. The summed E-state index contributed by atoms with van der Waals surface area (Å²) in [5.41, 5.74) is 1.59. The summed E-state index contributed by atoms with van der Waals surface area (Å²) < 4.78 is 37.5. The van der Waals surface area contributed by atoms with E-state index in [0.29, 0.717) is 24.3 Å². The minimum absolute atomic E-state index is 0.0659. The molecule has 0 bridgehead atoms. The van der Waals surface area contributed by atoms with Crippen LogP contribution in [0.2, 0.25) is 0 Å². The molecule has 0 aliphatic rings. The molecule has 0 unspecified atom stereocenters. The van der Waals surface area contributed by atoms with Crippen LogP contribution < -0.4 is 8.92 Å². The zero-order valence-electron chi connectivity index (χ0n) is 16.1. The van der Waals surface area contributed by atoms with Gasteiger partial charge in [0.1, 0.15) is 23.1 Å². The van der Waals surface area contributed by atoms with Gasteiger partial charge in [-0.25, -0.2) is 4.79 Å². The molecule has 0 heterocycles. The third kappa shape index (κ3) is 7.68. The predicted octanol–water partition coefficient (Wildman–Crippen LogP) is 3.12. The molecular formula is C21H21NO6S. The van der Waals surface area contributed by atoms with Gasteiger partial charge in [0.15, 0.2) is 0 Å². The maximum atomic E-state index is 11.6. The van der Waals surface area contributed by atoms with E-state index in [2.05, 4.69) is 0 Å². The number of carbonyl (C=O) groups is 1. The third-order valence-corrected chi connectivity index (χ3v) is 4.13. The molecule has 29 heavy (non-hydrogen) atoms. The number of hydrogen-bond donors (Lipinski definition) is 0. The highest BCUT2D eigenvalue weighted by molar-refractivity contribution is 7.86. The van der Waals surface area contributed by atoms with Gasteiger partial charge in [-0.2, -0.15) is 13.7 Å². The van der Waals surface area contributed by atoms with Gasteiger partial charge >= 0.3 is 16.1 Å². The van der Waals surface area contributed by atoms with Crippen molar-refractivity contribution in [1.82, 2.24) is 0 Å². The molecule has 152 valence electrons. The quantitative estimate of drug-likeness (QED) is 0.268. The van der Waals surface area contributed by atoms with Crippen LogP contribution >= 0.6 is 0 Å². The molecule has 0 atom stereocenters. The summed E-state index contributed by atoms with van der Waals surface area (Å²) in [5, 5.41) is 9.05. The lowest BCUT2D eigenvalue weighted by Crippen LogP contribution is -2.06. The van der Waals surface area contributed by atoms with Crippen molar-refractivity contribution >= 4 is 22.2 Å². The van der Waals surface area contributed by atoms with Crippen molar-refractivity contribution in [1.29, 1.82) is 5.26 Å². The Morgan fingerprint density at radius 1 is 1.07 bits per heavy atom. The van der Waals surface area contributed by atoms with Crippen LogP contribution in [0.5, 0.6) is 11.5 Å². The first-order valence-electron chi connectivity index (χ1n) is 8.81. The average Bonchev–Trinajstić information content (AvgIpc) is 2.67. The largest absolute Gasteiger partial charge is 0.493 e. The van der Waals surface area contributed by atoms with Crippen molar-refractivity contribution in [3.8, 4) is 17.6 Å². The Hall–Kier alpha value is -3.31. The van der Waals surface area contributed by atoms with Crippen LogP contribution in [0.1, 0.15) is 18.1 Å². The smallest absolute Gasteiger partial charge is 0.348 e. The molecule has 8 heteroatoms. The average molecular weight is 415 g/mol. The molecule has 0 saturated carbocycles. The monoisotopic (exact) mass is 415 g/mol. The van der Waals surface area contributed by atoms with Gasteiger partial charge in [-0.1, -0.05) is 24.3 Å². The zero-order chi connectivity index (χ0) is 21.3. The fraction of sp³-hybridized carbons (Fsp3) is 0.238. The van der Waals surface area contributed by atoms with E-state index in [1.165, 1.54) is 6.08 Å². The molecular weight excluding hydrogens is 394 g/mol. The highest BCUT2D eigenvalue weighted by Gasteiger charge is 2.09. The minimum Gasteiger partial charge on any atom is -0.493 e. The highest BCUT2D eigenvalue weighted by atomic mass is 32.2. The van der Waals surface area contributed by atoms with Crippen LogP contribution in [0.3, 0.4) is 0 Å². The summed E-state index contributed by atoms with van der Waals surface area (Å²) in [6.07, 6.45) is 3.08. The molecule has 0 amide bonds. The summed E-state index contributed by atoms with van der Waals surface area (Å²) in [5.74, 6) is 0.262. The van der Waals surface area contributed by atoms with Crippen molar-refractivity contribution in [2.75, 3.05) is 19.5 Å². The van der Waals surface area contributed by atoms with Crippen molar-refractivity contribution in [3.05, 3.63) is 65.2 Å². The molecule has 2 aromatic rings. The third-order valence-electron chi connectivity index (χ3n) is 3.64. The van der Waals surface area contributed by atoms with E-state index < -0.39 is 16.1 Å². The fourth-order valence-corrected chi connectivity index (χ4v) is 2.81. The van der Waals surface area contributed by atoms with Gasteiger partial charge in [0.05, 0.1) is 19.5 Å². The van der Waals surface area contributed by atoms with E-state index in [-0.39, 0.29) is 17.9 Å². The van der Waals surface area contributed by atoms with Crippen LogP contribution in [-0.2, 0) is 26.1 Å². The number of benzene rings is 2. The van der Waals surface area contributed by atoms with E-state index in [1.807, 2.05) is 6.07 Å². The van der Waals surface area contributed by atoms with Gasteiger partial charge < -0.3 is 13.7 Å². The SMILES string of the molecule is CCOC(=O)/C(C#N)=C\c1ccc(OCCc2ccc(OS(C)(=O)=O)cc2)cc1. The Labute approximate surface area is 170 Å². The Morgan fingerprint density at radius 3 is 2.24 bits per heavy atom. The van der Waals surface area contributed by atoms with E-state index in [1.54, 1.807) is 55.5 Å². The summed E-state index contributed by atoms with van der Waals surface area (Å²) in [4.78, 5) is 11.6.